The van der Waals surface area contributed by atoms with Gasteiger partial charge in [-0.05, 0) is 56.2 Å². The lowest BCUT2D eigenvalue weighted by Crippen LogP contribution is -2.37. The SMILES string of the molecule is CCOc1ccc2nc(N(CC3CCCO3)C(=O)c3ccc4nccnc4c3)sc2c1. The number of hydrogen-bond donors (Lipinski definition) is 0. The van der Waals surface area contributed by atoms with Crippen molar-refractivity contribution in [2.75, 3.05) is 24.7 Å². The number of carbonyl (C=O) groups excluding carboxylic acids is 1. The Morgan fingerprint density at radius 1 is 1.16 bits per heavy atom. The van der Waals surface area contributed by atoms with Crippen molar-refractivity contribution in [3.63, 3.8) is 0 Å². The number of thiazole rings is 1. The van der Waals surface area contributed by atoms with Gasteiger partial charge in [0.05, 0.1) is 40.5 Å². The lowest BCUT2D eigenvalue weighted by atomic mass is 10.1. The minimum atomic E-state index is -0.118. The summed E-state index contributed by atoms with van der Waals surface area (Å²) in [6, 6.07) is 11.2. The molecule has 0 spiro atoms. The van der Waals surface area contributed by atoms with Crippen LogP contribution >= 0.6 is 11.3 Å². The number of amides is 1. The molecule has 1 aliphatic heterocycles. The molecule has 1 unspecified atom stereocenters. The van der Waals surface area contributed by atoms with Crippen LogP contribution in [0.3, 0.4) is 0 Å². The van der Waals surface area contributed by atoms with E-state index in [1.54, 1.807) is 29.4 Å². The zero-order valence-electron chi connectivity index (χ0n) is 17.2. The van der Waals surface area contributed by atoms with E-state index in [1.165, 1.54) is 11.3 Å². The van der Waals surface area contributed by atoms with Crippen LogP contribution in [0.15, 0.2) is 48.8 Å². The molecule has 0 bridgehead atoms. The van der Waals surface area contributed by atoms with Gasteiger partial charge in [-0.25, -0.2) is 4.98 Å². The van der Waals surface area contributed by atoms with Crippen LogP contribution < -0.4 is 9.64 Å². The summed E-state index contributed by atoms with van der Waals surface area (Å²) in [6.07, 6.45) is 5.23. The van der Waals surface area contributed by atoms with Crippen molar-refractivity contribution in [1.82, 2.24) is 15.0 Å². The van der Waals surface area contributed by atoms with Gasteiger partial charge in [-0.3, -0.25) is 19.7 Å². The standard InChI is InChI=1S/C23H22N4O3S/c1-2-29-16-6-8-19-21(13-16)31-23(26-19)27(14-17-4-3-11-30-17)22(28)15-5-7-18-20(12-15)25-10-9-24-18/h5-10,12-13,17H,2-4,11,14H2,1H3. The molecule has 0 saturated carbocycles. The van der Waals surface area contributed by atoms with E-state index < -0.39 is 0 Å². The Hall–Kier alpha value is -3.10. The van der Waals surface area contributed by atoms with Crippen molar-refractivity contribution in [2.45, 2.75) is 25.9 Å². The Labute approximate surface area is 183 Å². The van der Waals surface area contributed by atoms with Gasteiger partial charge in [-0.1, -0.05) is 11.3 Å². The molecule has 7 nitrogen and oxygen atoms in total. The van der Waals surface area contributed by atoms with Gasteiger partial charge in [0.25, 0.3) is 5.91 Å². The maximum Gasteiger partial charge on any atom is 0.260 e. The summed E-state index contributed by atoms with van der Waals surface area (Å²) in [5, 5.41) is 0.656. The van der Waals surface area contributed by atoms with Crippen LogP contribution in [0.4, 0.5) is 5.13 Å². The molecule has 1 fully saturated rings. The van der Waals surface area contributed by atoms with Gasteiger partial charge in [0.1, 0.15) is 5.75 Å². The fourth-order valence-electron chi connectivity index (χ4n) is 3.76. The average molecular weight is 435 g/mol. The molecule has 2 aromatic heterocycles. The molecule has 1 amide bonds. The molecule has 3 heterocycles. The third kappa shape index (κ3) is 4.08. The summed E-state index contributed by atoms with van der Waals surface area (Å²) in [7, 11) is 0. The predicted octanol–water partition coefficient (Wildman–Crippen LogP) is 4.46. The smallest absolute Gasteiger partial charge is 0.260 e. The van der Waals surface area contributed by atoms with E-state index in [4.69, 9.17) is 14.5 Å². The lowest BCUT2D eigenvalue weighted by Gasteiger charge is -2.23. The molecule has 158 valence electrons. The molecular weight excluding hydrogens is 412 g/mol. The summed E-state index contributed by atoms with van der Waals surface area (Å²) < 4.78 is 12.4. The molecule has 0 aliphatic carbocycles. The number of fused-ring (bicyclic) bond motifs is 2. The second-order valence-corrected chi connectivity index (χ2v) is 8.38. The number of anilines is 1. The van der Waals surface area contributed by atoms with Crippen molar-refractivity contribution in [3.8, 4) is 5.75 Å². The van der Waals surface area contributed by atoms with E-state index in [0.29, 0.717) is 29.4 Å². The number of carbonyl (C=O) groups is 1. The summed E-state index contributed by atoms with van der Waals surface area (Å²) in [5.41, 5.74) is 2.85. The van der Waals surface area contributed by atoms with Crippen molar-refractivity contribution in [1.29, 1.82) is 0 Å². The van der Waals surface area contributed by atoms with Crippen molar-refractivity contribution in [3.05, 3.63) is 54.4 Å². The third-order valence-corrected chi connectivity index (χ3v) is 6.30. The maximum atomic E-state index is 13.6. The van der Waals surface area contributed by atoms with Crippen LogP contribution in [0.2, 0.25) is 0 Å². The summed E-state index contributed by atoms with van der Waals surface area (Å²) in [5.74, 6) is 0.683. The predicted molar refractivity (Wildman–Crippen MR) is 121 cm³/mol. The maximum absolute atomic E-state index is 13.6. The lowest BCUT2D eigenvalue weighted by molar-refractivity contribution is 0.0917. The average Bonchev–Trinajstić information content (AvgIpc) is 3.46. The largest absolute Gasteiger partial charge is 0.494 e. The summed E-state index contributed by atoms with van der Waals surface area (Å²) in [4.78, 5) is 28.7. The molecule has 0 radical (unpaired) electrons. The highest BCUT2D eigenvalue weighted by Crippen LogP contribution is 2.33. The molecule has 4 aromatic rings. The Kier molecular flexibility index (Phi) is 5.48. The molecule has 8 heteroatoms. The van der Waals surface area contributed by atoms with Crippen LogP contribution in [-0.2, 0) is 4.74 Å². The normalized spacial score (nSPS) is 16.1. The minimum Gasteiger partial charge on any atom is -0.494 e. The van der Waals surface area contributed by atoms with Crippen LogP contribution in [0.1, 0.15) is 30.1 Å². The van der Waals surface area contributed by atoms with E-state index in [-0.39, 0.29) is 12.0 Å². The Balaban J connectivity index is 1.52. The van der Waals surface area contributed by atoms with Gasteiger partial charge >= 0.3 is 0 Å². The summed E-state index contributed by atoms with van der Waals surface area (Å²) in [6.45, 7) is 3.76. The first-order valence-corrected chi connectivity index (χ1v) is 11.2. The molecule has 2 aromatic carbocycles. The number of benzene rings is 2. The first-order chi connectivity index (χ1) is 15.2. The van der Waals surface area contributed by atoms with Crippen molar-refractivity contribution < 1.29 is 14.3 Å². The van der Waals surface area contributed by atoms with E-state index >= 15 is 0 Å². The Bertz CT molecular complexity index is 1240. The second kappa shape index (κ2) is 8.56. The Morgan fingerprint density at radius 3 is 2.81 bits per heavy atom. The van der Waals surface area contributed by atoms with Gasteiger partial charge in [-0.2, -0.15) is 0 Å². The first kappa shape index (κ1) is 19.8. The summed E-state index contributed by atoms with van der Waals surface area (Å²) >= 11 is 1.49. The van der Waals surface area contributed by atoms with Gasteiger partial charge < -0.3 is 9.47 Å². The van der Waals surface area contributed by atoms with Crippen LogP contribution in [0, 0.1) is 0 Å². The van der Waals surface area contributed by atoms with Gasteiger partial charge in [-0.15, -0.1) is 0 Å². The van der Waals surface area contributed by atoms with Gasteiger partial charge in [0, 0.05) is 24.6 Å². The molecule has 5 rings (SSSR count). The quantitative estimate of drug-likeness (QED) is 0.446. The van der Waals surface area contributed by atoms with E-state index in [9.17, 15) is 4.79 Å². The fraction of sp³-hybridized carbons (Fsp3) is 0.304. The Morgan fingerprint density at radius 2 is 2.00 bits per heavy atom. The molecule has 0 N–H and O–H groups in total. The highest BCUT2D eigenvalue weighted by molar-refractivity contribution is 7.22. The monoisotopic (exact) mass is 434 g/mol. The molecule has 1 aliphatic rings. The fourth-order valence-corrected chi connectivity index (χ4v) is 4.76. The number of ether oxygens (including phenoxy) is 2. The van der Waals surface area contributed by atoms with Crippen molar-refractivity contribution in [2.24, 2.45) is 0 Å². The van der Waals surface area contributed by atoms with Crippen LogP contribution in [0.5, 0.6) is 5.75 Å². The van der Waals surface area contributed by atoms with Crippen molar-refractivity contribution >= 4 is 43.6 Å². The second-order valence-electron chi connectivity index (χ2n) is 7.37. The zero-order valence-corrected chi connectivity index (χ0v) is 18.0. The molecule has 31 heavy (non-hydrogen) atoms. The van der Waals surface area contributed by atoms with E-state index in [2.05, 4.69) is 9.97 Å². The number of hydrogen-bond acceptors (Lipinski definition) is 7. The molecule has 1 atom stereocenters. The third-order valence-electron chi connectivity index (χ3n) is 5.26. The van der Waals surface area contributed by atoms with Gasteiger partial charge in [0.2, 0.25) is 0 Å². The number of aromatic nitrogens is 3. The van der Waals surface area contributed by atoms with Gasteiger partial charge in [0.15, 0.2) is 5.13 Å². The zero-order chi connectivity index (χ0) is 21.2. The van der Waals surface area contributed by atoms with E-state index in [1.807, 2.05) is 31.2 Å². The minimum absolute atomic E-state index is 0.00944. The highest BCUT2D eigenvalue weighted by atomic mass is 32.1. The molecular formula is C23H22N4O3S. The van der Waals surface area contributed by atoms with Crippen LogP contribution in [-0.4, -0.2) is 46.7 Å². The topological polar surface area (TPSA) is 77.4 Å². The highest BCUT2D eigenvalue weighted by Gasteiger charge is 2.27. The van der Waals surface area contributed by atoms with Crippen LogP contribution in [0.25, 0.3) is 21.3 Å². The number of rotatable bonds is 6. The van der Waals surface area contributed by atoms with E-state index in [0.717, 1.165) is 40.9 Å². The number of nitrogens with zero attached hydrogens (tertiary/aromatic N) is 4. The first-order valence-electron chi connectivity index (χ1n) is 10.4. The molecule has 1 saturated heterocycles.